The summed E-state index contributed by atoms with van der Waals surface area (Å²) in [6.07, 6.45) is 3.32. The lowest BCUT2D eigenvalue weighted by Gasteiger charge is -2.39. The van der Waals surface area contributed by atoms with Gasteiger partial charge in [-0.15, -0.1) is 0 Å². The zero-order chi connectivity index (χ0) is 19.2. The van der Waals surface area contributed by atoms with Gasteiger partial charge < -0.3 is 9.88 Å². The summed E-state index contributed by atoms with van der Waals surface area (Å²) in [5.74, 6) is 1.26. The van der Waals surface area contributed by atoms with E-state index in [4.69, 9.17) is 0 Å². The van der Waals surface area contributed by atoms with E-state index in [0.717, 1.165) is 18.4 Å². The highest BCUT2D eigenvalue weighted by molar-refractivity contribution is 5.74. The average molecular weight is 359 g/mol. The Morgan fingerprint density at radius 2 is 2.08 bits per heavy atom. The number of hydrogen-bond donors (Lipinski definition) is 2. The standard InChI is InChI=1S/C19H29N5O2/c1-11(2)10-24-14-15(23(6)18(26)22-16(14)25)21-17(24)20-13-7-12(3)8-19(4,5)9-13/h12-13H,1,7-10H2,2-6H3,(H,20,21)(H,22,25,26)/t12-,13-/m1/s1. The first-order valence-corrected chi connectivity index (χ1v) is 9.18. The van der Waals surface area contributed by atoms with Gasteiger partial charge in [-0.25, -0.2) is 4.79 Å². The van der Waals surface area contributed by atoms with Crippen molar-refractivity contribution in [2.24, 2.45) is 18.4 Å². The summed E-state index contributed by atoms with van der Waals surface area (Å²) in [6.45, 7) is 13.2. The van der Waals surface area contributed by atoms with Gasteiger partial charge in [-0.05, 0) is 37.5 Å². The van der Waals surface area contributed by atoms with Gasteiger partial charge in [0.25, 0.3) is 5.56 Å². The molecule has 7 nitrogen and oxygen atoms in total. The number of aromatic amines is 1. The SMILES string of the molecule is C=C(C)Cn1c(N[C@@H]2C[C@@H](C)CC(C)(C)C2)nc2c1c(=O)[nH]c(=O)n2C. The lowest BCUT2D eigenvalue weighted by Crippen LogP contribution is -2.36. The number of anilines is 1. The smallest absolute Gasteiger partial charge is 0.329 e. The molecule has 2 atom stereocenters. The van der Waals surface area contributed by atoms with Crippen molar-refractivity contribution in [3.63, 3.8) is 0 Å². The summed E-state index contributed by atoms with van der Waals surface area (Å²) < 4.78 is 3.21. The number of imidazole rings is 1. The van der Waals surface area contributed by atoms with Crippen LogP contribution in [0.1, 0.15) is 47.0 Å². The van der Waals surface area contributed by atoms with Gasteiger partial charge in [0.05, 0.1) is 0 Å². The van der Waals surface area contributed by atoms with E-state index in [1.165, 1.54) is 11.0 Å². The number of allylic oxidation sites excluding steroid dienone is 1. The van der Waals surface area contributed by atoms with E-state index < -0.39 is 11.2 Å². The predicted molar refractivity (Wildman–Crippen MR) is 105 cm³/mol. The molecule has 2 N–H and O–H groups in total. The van der Waals surface area contributed by atoms with Gasteiger partial charge in [-0.1, -0.05) is 32.9 Å². The number of aryl methyl sites for hydroxylation is 1. The summed E-state index contributed by atoms with van der Waals surface area (Å²) >= 11 is 0. The Morgan fingerprint density at radius 1 is 1.38 bits per heavy atom. The van der Waals surface area contributed by atoms with Gasteiger partial charge >= 0.3 is 5.69 Å². The van der Waals surface area contributed by atoms with E-state index in [-0.39, 0.29) is 11.5 Å². The van der Waals surface area contributed by atoms with E-state index in [9.17, 15) is 9.59 Å². The summed E-state index contributed by atoms with van der Waals surface area (Å²) in [6, 6.07) is 0.283. The lowest BCUT2D eigenvalue weighted by molar-refractivity contribution is 0.177. The fraction of sp³-hybridized carbons (Fsp3) is 0.632. The van der Waals surface area contributed by atoms with Crippen LogP contribution in [-0.2, 0) is 13.6 Å². The molecular formula is C19H29N5O2. The maximum absolute atomic E-state index is 12.4. The number of hydrogen-bond acceptors (Lipinski definition) is 4. The Morgan fingerprint density at radius 3 is 2.69 bits per heavy atom. The van der Waals surface area contributed by atoms with Gasteiger partial charge in [0.1, 0.15) is 0 Å². The third kappa shape index (κ3) is 3.48. The average Bonchev–Trinajstić information content (AvgIpc) is 2.81. The van der Waals surface area contributed by atoms with Crippen molar-refractivity contribution in [3.05, 3.63) is 33.0 Å². The number of nitrogens with zero attached hydrogens (tertiary/aromatic N) is 3. The Kier molecular flexibility index (Phi) is 4.58. The number of fused-ring (bicyclic) bond motifs is 1. The molecule has 0 radical (unpaired) electrons. The van der Waals surface area contributed by atoms with E-state index in [0.29, 0.717) is 29.6 Å². The molecule has 0 saturated heterocycles. The highest BCUT2D eigenvalue weighted by Gasteiger charge is 2.33. The van der Waals surface area contributed by atoms with Crippen molar-refractivity contribution in [1.82, 2.24) is 19.1 Å². The minimum Gasteiger partial charge on any atom is -0.353 e. The highest BCUT2D eigenvalue weighted by atomic mass is 16.2. The topological polar surface area (TPSA) is 84.7 Å². The molecule has 0 unspecified atom stereocenters. The highest BCUT2D eigenvalue weighted by Crippen LogP contribution is 2.39. The summed E-state index contributed by atoms with van der Waals surface area (Å²) in [5, 5.41) is 3.55. The quantitative estimate of drug-likeness (QED) is 0.822. The Labute approximate surface area is 153 Å². The molecule has 142 valence electrons. The molecule has 1 saturated carbocycles. The van der Waals surface area contributed by atoms with E-state index in [2.05, 4.69) is 42.6 Å². The maximum Gasteiger partial charge on any atom is 0.329 e. The molecule has 0 aromatic carbocycles. The van der Waals surface area contributed by atoms with Crippen LogP contribution in [0.3, 0.4) is 0 Å². The van der Waals surface area contributed by atoms with Crippen LogP contribution in [0.15, 0.2) is 21.7 Å². The van der Waals surface area contributed by atoms with Crippen molar-refractivity contribution in [1.29, 1.82) is 0 Å². The third-order valence-electron chi connectivity index (χ3n) is 5.16. The van der Waals surface area contributed by atoms with Crippen LogP contribution in [0.25, 0.3) is 11.2 Å². The molecule has 1 aliphatic carbocycles. The molecule has 0 spiro atoms. The van der Waals surface area contributed by atoms with Crippen LogP contribution in [-0.4, -0.2) is 25.1 Å². The fourth-order valence-corrected chi connectivity index (χ4v) is 4.41. The molecule has 2 aromatic rings. The van der Waals surface area contributed by atoms with Crippen molar-refractivity contribution in [3.8, 4) is 0 Å². The largest absolute Gasteiger partial charge is 0.353 e. The molecule has 26 heavy (non-hydrogen) atoms. The second-order valence-electron chi connectivity index (χ2n) is 8.72. The second-order valence-corrected chi connectivity index (χ2v) is 8.72. The Hall–Kier alpha value is -2.31. The number of rotatable bonds is 4. The molecule has 0 amide bonds. The number of aromatic nitrogens is 4. The molecule has 1 aliphatic rings. The summed E-state index contributed by atoms with van der Waals surface area (Å²) in [4.78, 5) is 31.3. The number of nitrogens with one attached hydrogen (secondary N) is 2. The van der Waals surface area contributed by atoms with Crippen molar-refractivity contribution >= 4 is 17.1 Å². The molecule has 1 fully saturated rings. The third-order valence-corrected chi connectivity index (χ3v) is 5.16. The molecule has 0 bridgehead atoms. The van der Waals surface area contributed by atoms with Crippen LogP contribution < -0.4 is 16.6 Å². The molecule has 2 heterocycles. The van der Waals surface area contributed by atoms with Crippen LogP contribution in [0, 0.1) is 11.3 Å². The van der Waals surface area contributed by atoms with E-state index in [1.54, 1.807) is 7.05 Å². The fourth-order valence-electron chi connectivity index (χ4n) is 4.41. The molecule has 7 heteroatoms. The number of H-pyrrole nitrogens is 1. The van der Waals surface area contributed by atoms with Gasteiger partial charge in [0, 0.05) is 19.6 Å². The summed E-state index contributed by atoms with van der Waals surface area (Å²) in [5.41, 5.74) is 1.11. The first kappa shape index (κ1) is 18.5. The monoisotopic (exact) mass is 359 g/mol. The van der Waals surface area contributed by atoms with Crippen LogP contribution in [0.2, 0.25) is 0 Å². The molecule has 2 aromatic heterocycles. The predicted octanol–water partition coefficient (Wildman–Crippen LogP) is 2.63. The Bertz CT molecular complexity index is 963. The van der Waals surface area contributed by atoms with Crippen LogP contribution in [0.4, 0.5) is 5.95 Å². The second kappa shape index (κ2) is 6.45. The maximum atomic E-state index is 12.4. The van der Waals surface area contributed by atoms with Crippen molar-refractivity contribution in [2.75, 3.05) is 5.32 Å². The molecular weight excluding hydrogens is 330 g/mol. The molecule has 0 aliphatic heterocycles. The first-order chi connectivity index (χ1) is 12.1. The van der Waals surface area contributed by atoms with Gasteiger partial charge in [-0.3, -0.25) is 14.3 Å². The van der Waals surface area contributed by atoms with Gasteiger partial charge in [0.15, 0.2) is 11.2 Å². The molecule has 3 rings (SSSR count). The van der Waals surface area contributed by atoms with Crippen LogP contribution >= 0.6 is 0 Å². The van der Waals surface area contributed by atoms with Crippen LogP contribution in [0.5, 0.6) is 0 Å². The normalized spacial score (nSPS) is 22.5. The van der Waals surface area contributed by atoms with Crippen molar-refractivity contribution in [2.45, 2.75) is 59.5 Å². The zero-order valence-electron chi connectivity index (χ0n) is 16.3. The zero-order valence-corrected chi connectivity index (χ0v) is 16.3. The van der Waals surface area contributed by atoms with Gasteiger partial charge in [-0.2, -0.15) is 4.98 Å². The van der Waals surface area contributed by atoms with Gasteiger partial charge in [0.2, 0.25) is 5.95 Å². The van der Waals surface area contributed by atoms with E-state index >= 15 is 0 Å². The summed E-state index contributed by atoms with van der Waals surface area (Å²) in [7, 11) is 1.62. The van der Waals surface area contributed by atoms with Crippen molar-refractivity contribution < 1.29 is 0 Å². The minimum atomic E-state index is -0.457. The van der Waals surface area contributed by atoms with E-state index in [1.807, 2.05) is 11.5 Å². The minimum absolute atomic E-state index is 0.269. The lowest BCUT2D eigenvalue weighted by atomic mass is 9.71. The Balaban J connectivity index is 2.09. The first-order valence-electron chi connectivity index (χ1n) is 9.18.